The summed E-state index contributed by atoms with van der Waals surface area (Å²) in [6.45, 7) is 6.99. The van der Waals surface area contributed by atoms with Crippen LogP contribution >= 0.6 is 12.6 Å². The molecule has 0 unspecified atom stereocenters. The number of hydrogen-bond acceptors (Lipinski definition) is 1. The molecule has 0 spiro atoms. The molecule has 0 rings (SSSR count). The van der Waals surface area contributed by atoms with Crippen LogP contribution in [-0.4, -0.2) is 5.75 Å². The van der Waals surface area contributed by atoms with Crippen molar-refractivity contribution in [3.8, 4) is 0 Å². The van der Waals surface area contributed by atoms with Gasteiger partial charge in [-0.05, 0) is 24.0 Å². The van der Waals surface area contributed by atoms with Gasteiger partial charge in [-0.2, -0.15) is 12.6 Å². The highest BCUT2D eigenvalue weighted by atomic mass is 32.1. The maximum Gasteiger partial charge on any atom is -0.00438 e. The first-order valence-corrected chi connectivity index (χ1v) is 7.92. The van der Waals surface area contributed by atoms with Crippen molar-refractivity contribution in [2.24, 2.45) is 5.41 Å². The summed E-state index contributed by atoms with van der Waals surface area (Å²) in [5.74, 6) is 1.06. The molecule has 0 saturated heterocycles. The van der Waals surface area contributed by atoms with Gasteiger partial charge in [0.25, 0.3) is 0 Å². The molecule has 1 heteroatoms. The van der Waals surface area contributed by atoms with Crippen molar-refractivity contribution >= 4 is 12.6 Å². The van der Waals surface area contributed by atoms with Crippen LogP contribution in [0.5, 0.6) is 0 Å². The van der Waals surface area contributed by atoms with Crippen molar-refractivity contribution < 1.29 is 0 Å². The van der Waals surface area contributed by atoms with E-state index >= 15 is 0 Å². The van der Waals surface area contributed by atoms with Crippen LogP contribution in [0.3, 0.4) is 0 Å². The summed E-state index contributed by atoms with van der Waals surface area (Å²) in [6, 6.07) is 0. The number of thiol groups is 1. The van der Waals surface area contributed by atoms with Crippen molar-refractivity contribution in [2.75, 3.05) is 5.75 Å². The van der Waals surface area contributed by atoms with Gasteiger partial charge in [0.2, 0.25) is 0 Å². The lowest BCUT2D eigenvalue weighted by molar-refractivity contribution is 0.291. The van der Waals surface area contributed by atoms with Crippen LogP contribution in [0, 0.1) is 5.41 Å². The molecule has 0 heterocycles. The van der Waals surface area contributed by atoms with Gasteiger partial charge in [-0.1, -0.05) is 72.1 Å². The highest BCUT2D eigenvalue weighted by Crippen LogP contribution is 2.32. The first kappa shape index (κ1) is 16.4. The highest BCUT2D eigenvalue weighted by molar-refractivity contribution is 7.80. The highest BCUT2D eigenvalue weighted by Gasteiger charge is 2.21. The zero-order valence-electron chi connectivity index (χ0n) is 11.7. The molecular weight excluding hydrogens is 212 g/mol. The molecule has 0 aromatic heterocycles. The van der Waals surface area contributed by atoms with Crippen LogP contribution in [0.1, 0.15) is 85.0 Å². The molecule has 0 aliphatic carbocycles. The van der Waals surface area contributed by atoms with Crippen LogP contribution in [0.4, 0.5) is 0 Å². The Labute approximate surface area is 109 Å². The van der Waals surface area contributed by atoms with E-state index in [0.717, 1.165) is 5.75 Å². The molecule has 0 saturated carbocycles. The van der Waals surface area contributed by atoms with Crippen LogP contribution < -0.4 is 0 Å². The van der Waals surface area contributed by atoms with Crippen molar-refractivity contribution in [1.29, 1.82) is 0 Å². The summed E-state index contributed by atoms with van der Waals surface area (Å²) in [4.78, 5) is 0. The lowest BCUT2D eigenvalue weighted by atomic mass is 9.81. The third-order valence-corrected chi connectivity index (χ3v) is 4.41. The summed E-state index contributed by atoms with van der Waals surface area (Å²) in [7, 11) is 0. The second-order valence-corrected chi connectivity index (χ2v) is 5.91. The number of unbranched alkanes of at least 4 members (excludes halogenated alkanes) is 6. The second-order valence-electron chi connectivity index (χ2n) is 5.59. The van der Waals surface area contributed by atoms with Crippen LogP contribution in [0.15, 0.2) is 0 Å². The number of rotatable bonds is 11. The Kier molecular flexibility index (Phi) is 10.7. The fourth-order valence-corrected chi connectivity index (χ4v) is 2.56. The van der Waals surface area contributed by atoms with Crippen molar-refractivity contribution in [3.05, 3.63) is 0 Å². The topological polar surface area (TPSA) is 0 Å². The molecule has 0 nitrogen and oxygen atoms in total. The largest absolute Gasteiger partial charge is 0.179 e. The second kappa shape index (κ2) is 10.5. The maximum atomic E-state index is 4.55. The Hall–Kier alpha value is 0.350. The van der Waals surface area contributed by atoms with Gasteiger partial charge in [-0.25, -0.2) is 0 Å². The van der Waals surface area contributed by atoms with E-state index in [4.69, 9.17) is 0 Å². The first-order valence-electron chi connectivity index (χ1n) is 7.29. The van der Waals surface area contributed by atoms with Gasteiger partial charge < -0.3 is 0 Å². The fraction of sp³-hybridized carbons (Fsp3) is 1.00. The molecule has 0 atom stereocenters. The van der Waals surface area contributed by atoms with Crippen molar-refractivity contribution in [2.45, 2.75) is 85.0 Å². The van der Waals surface area contributed by atoms with E-state index in [0.29, 0.717) is 5.41 Å². The predicted molar refractivity (Wildman–Crippen MR) is 79.5 cm³/mol. The third-order valence-electron chi connectivity index (χ3n) is 3.65. The lowest BCUT2D eigenvalue weighted by Crippen LogP contribution is -2.18. The third kappa shape index (κ3) is 8.50. The molecule has 0 amide bonds. The van der Waals surface area contributed by atoms with Crippen LogP contribution in [0.25, 0.3) is 0 Å². The minimum Gasteiger partial charge on any atom is -0.179 e. The minimum atomic E-state index is 0.505. The zero-order chi connectivity index (χ0) is 12.3. The van der Waals surface area contributed by atoms with E-state index in [2.05, 4.69) is 33.4 Å². The Morgan fingerprint density at radius 3 is 1.50 bits per heavy atom. The zero-order valence-corrected chi connectivity index (χ0v) is 12.6. The average Bonchev–Trinajstić information content (AvgIpc) is 2.31. The quantitative estimate of drug-likeness (QED) is 0.341. The predicted octanol–water partition coefficient (Wildman–Crippen LogP) is 5.86. The van der Waals surface area contributed by atoms with Gasteiger partial charge in [-0.3, -0.25) is 0 Å². The minimum absolute atomic E-state index is 0.505. The smallest absolute Gasteiger partial charge is 0.00438 e. The van der Waals surface area contributed by atoms with Crippen molar-refractivity contribution in [3.63, 3.8) is 0 Å². The molecule has 0 bridgehead atoms. The van der Waals surface area contributed by atoms with Gasteiger partial charge in [0.1, 0.15) is 0 Å². The van der Waals surface area contributed by atoms with Gasteiger partial charge in [-0.15, -0.1) is 0 Å². The molecular formula is C15H32S. The van der Waals surface area contributed by atoms with Crippen molar-refractivity contribution in [1.82, 2.24) is 0 Å². The molecule has 0 N–H and O–H groups in total. The van der Waals surface area contributed by atoms with Crippen LogP contribution in [0.2, 0.25) is 0 Å². The Balaban J connectivity index is 3.64. The van der Waals surface area contributed by atoms with Gasteiger partial charge >= 0.3 is 0 Å². The fourth-order valence-electron chi connectivity index (χ4n) is 2.24. The van der Waals surface area contributed by atoms with Gasteiger partial charge in [0.15, 0.2) is 0 Å². The molecule has 0 aliphatic heterocycles. The summed E-state index contributed by atoms with van der Waals surface area (Å²) in [6.07, 6.45) is 13.9. The SMILES string of the molecule is CCCCCCC(C)(CS)CCCCCC. The molecule has 0 aliphatic rings. The Bertz CT molecular complexity index is 130. The summed E-state index contributed by atoms with van der Waals surface area (Å²) in [5, 5.41) is 0. The maximum absolute atomic E-state index is 4.55. The molecule has 0 aromatic carbocycles. The Morgan fingerprint density at radius 2 is 1.19 bits per heavy atom. The normalized spacial score (nSPS) is 12.0. The molecule has 0 radical (unpaired) electrons. The summed E-state index contributed by atoms with van der Waals surface area (Å²) in [5.41, 5.74) is 0.505. The van der Waals surface area contributed by atoms with Gasteiger partial charge in [0, 0.05) is 0 Å². The lowest BCUT2D eigenvalue weighted by Gasteiger charge is -2.28. The monoisotopic (exact) mass is 244 g/mol. The molecule has 0 aromatic rings. The first-order chi connectivity index (χ1) is 7.68. The van der Waals surface area contributed by atoms with E-state index in [1.54, 1.807) is 0 Å². The van der Waals surface area contributed by atoms with E-state index in [1.807, 2.05) is 0 Å². The molecule has 16 heavy (non-hydrogen) atoms. The summed E-state index contributed by atoms with van der Waals surface area (Å²) < 4.78 is 0. The average molecular weight is 244 g/mol. The van der Waals surface area contributed by atoms with E-state index in [9.17, 15) is 0 Å². The van der Waals surface area contributed by atoms with Crippen LogP contribution in [-0.2, 0) is 0 Å². The summed E-state index contributed by atoms with van der Waals surface area (Å²) >= 11 is 4.55. The van der Waals surface area contributed by atoms with E-state index < -0.39 is 0 Å². The molecule has 0 fully saturated rings. The van der Waals surface area contributed by atoms with E-state index in [1.165, 1.54) is 64.2 Å². The van der Waals surface area contributed by atoms with Gasteiger partial charge in [0.05, 0.1) is 0 Å². The molecule has 98 valence electrons. The Morgan fingerprint density at radius 1 is 0.750 bits per heavy atom. The standard InChI is InChI=1S/C15H32S/c1-4-6-8-10-12-15(3,14-16)13-11-9-7-5-2/h16H,4-14H2,1-3H3. The number of hydrogen-bond donors (Lipinski definition) is 1. The van der Waals surface area contributed by atoms with E-state index in [-0.39, 0.29) is 0 Å².